The monoisotopic (exact) mass is 253 g/mol. The third-order valence-electron chi connectivity index (χ3n) is 3.26. The van der Waals surface area contributed by atoms with Gasteiger partial charge in [0.05, 0.1) is 6.04 Å². The number of hydrogen-bond acceptors (Lipinski definition) is 1. The van der Waals surface area contributed by atoms with E-state index < -0.39 is 0 Å². The Hall–Kier alpha value is -2.09. The van der Waals surface area contributed by atoms with E-state index in [9.17, 15) is 4.79 Å². The zero-order chi connectivity index (χ0) is 13.7. The molecule has 2 heteroatoms. The van der Waals surface area contributed by atoms with Gasteiger partial charge in [0, 0.05) is 6.42 Å². The minimum absolute atomic E-state index is 0.0668. The number of carbonyl (C=O) groups is 1. The van der Waals surface area contributed by atoms with Crippen LogP contribution >= 0.6 is 0 Å². The van der Waals surface area contributed by atoms with Crippen LogP contribution in [0.3, 0.4) is 0 Å². The summed E-state index contributed by atoms with van der Waals surface area (Å²) < 4.78 is 0. The van der Waals surface area contributed by atoms with Gasteiger partial charge in [0.2, 0.25) is 5.91 Å². The van der Waals surface area contributed by atoms with Crippen LogP contribution in [0.1, 0.15) is 36.1 Å². The Morgan fingerprint density at radius 1 is 1.05 bits per heavy atom. The first-order valence-corrected chi connectivity index (χ1v) is 6.62. The predicted molar refractivity (Wildman–Crippen MR) is 77.9 cm³/mol. The van der Waals surface area contributed by atoms with Crippen LogP contribution in [0.25, 0.3) is 0 Å². The molecule has 0 saturated heterocycles. The van der Waals surface area contributed by atoms with Crippen molar-refractivity contribution in [3.8, 4) is 0 Å². The standard InChI is InChI=1S/C17H19NO/c1-3-16(19)18-17(14-10-5-4-6-11-14)15-12-8-7-9-13(15)2/h4-12,17H,3H2,1-2H3,(H,18,19). The van der Waals surface area contributed by atoms with Crippen molar-refractivity contribution in [1.29, 1.82) is 0 Å². The van der Waals surface area contributed by atoms with Crippen molar-refractivity contribution < 1.29 is 4.79 Å². The van der Waals surface area contributed by atoms with Gasteiger partial charge in [-0.25, -0.2) is 0 Å². The zero-order valence-electron chi connectivity index (χ0n) is 11.4. The van der Waals surface area contributed by atoms with E-state index in [1.165, 1.54) is 5.56 Å². The Labute approximate surface area is 114 Å². The summed E-state index contributed by atoms with van der Waals surface area (Å²) in [5.41, 5.74) is 3.45. The quantitative estimate of drug-likeness (QED) is 0.886. The molecule has 0 fully saturated rings. The lowest BCUT2D eigenvalue weighted by Crippen LogP contribution is -2.29. The lowest BCUT2D eigenvalue weighted by atomic mass is 9.95. The number of rotatable bonds is 4. The molecule has 0 aliphatic heterocycles. The first-order chi connectivity index (χ1) is 9.22. The van der Waals surface area contributed by atoms with E-state index in [2.05, 4.69) is 24.4 Å². The minimum Gasteiger partial charge on any atom is -0.345 e. The van der Waals surface area contributed by atoms with Crippen LogP contribution in [0, 0.1) is 6.92 Å². The molecule has 1 N–H and O–H groups in total. The highest BCUT2D eigenvalue weighted by atomic mass is 16.1. The molecule has 0 aromatic heterocycles. The summed E-state index contributed by atoms with van der Waals surface area (Å²) in [6.45, 7) is 3.94. The summed E-state index contributed by atoms with van der Waals surface area (Å²) in [6, 6.07) is 18.2. The van der Waals surface area contributed by atoms with E-state index in [0.29, 0.717) is 6.42 Å². The Kier molecular flexibility index (Phi) is 4.35. The fraction of sp³-hybridized carbons (Fsp3) is 0.235. The van der Waals surface area contributed by atoms with Crippen LogP contribution in [0.2, 0.25) is 0 Å². The molecule has 1 unspecified atom stereocenters. The van der Waals surface area contributed by atoms with E-state index in [4.69, 9.17) is 0 Å². The highest BCUT2D eigenvalue weighted by molar-refractivity contribution is 5.76. The first-order valence-electron chi connectivity index (χ1n) is 6.62. The highest BCUT2D eigenvalue weighted by Gasteiger charge is 2.17. The molecule has 0 bridgehead atoms. The van der Waals surface area contributed by atoms with E-state index in [0.717, 1.165) is 11.1 Å². The molecular formula is C17H19NO. The van der Waals surface area contributed by atoms with Crippen LogP contribution in [-0.2, 0) is 4.79 Å². The molecule has 0 radical (unpaired) electrons. The number of hydrogen-bond donors (Lipinski definition) is 1. The summed E-state index contributed by atoms with van der Waals surface area (Å²) in [5.74, 6) is 0.0668. The van der Waals surface area contributed by atoms with Gasteiger partial charge in [-0.05, 0) is 23.6 Å². The van der Waals surface area contributed by atoms with Gasteiger partial charge >= 0.3 is 0 Å². The molecule has 2 aromatic rings. The van der Waals surface area contributed by atoms with Gasteiger partial charge in [-0.2, -0.15) is 0 Å². The van der Waals surface area contributed by atoms with Gasteiger partial charge in [0.1, 0.15) is 0 Å². The molecule has 2 rings (SSSR count). The highest BCUT2D eigenvalue weighted by Crippen LogP contribution is 2.24. The third-order valence-corrected chi connectivity index (χ3v) is 3.26. The molecule has 19 heavy (non-hydrogen) atoms. The Morgan fingerprint density at radius 2 is 1.68 bits per heavy atom. The lowest BCUT2D eigenvalue weighted by Gasteiger charge is -2.21. The van der Waals surface area contributed by atoms with Crippen LogP contribution < -0.4 is 5.32 Å². The second kappa shape index (κ2) is 6.19. The van der Waals surface area contributed by atoms with Crippen molar-refractivity contribution in [3.63, 3.8) is 0 Å². The van der Waals surface area contributed by atoms with Crippen molar-refractivity contribution in [3.05, 3.63) is 71.3 Å². The third kappa shape index (κ3) is 3.22. The van der Waals surface area contributed by atoms with Crippen LogP contribution in [0.5, 0.6) is 0 Å². The Bertz CT molecular complexity index is 548. The van der Waals surface area contributed by atoms with E-state index in [-0.39, 0.29) is 11.9 Å². The van der Waals surface area contributed by atoms with E-state index in [1.807, 2.05) is 49.4 Å². The number of carbonyl (C=O) groups excluding carboxylic acids is 1. The molecule has 0 spiro atoms. The summed E-state index contributed by atoms with van der Waals surface area (Å²) in [5, 5.41) is 3.10. The number of aryl methyl sites for hydroxylation is 1. The molecule has 0 aliphatic rings. The maximum Gasteiger partial charge on any atom is 0.220 e. The molecule has 0 aliphatic carbocycles. The number of benzene rings is 2. The smallest absolute Gasteiger partial charge is 0.220 e. The largest absolute Gasteiger partial charge is 0.345 e. The molecule has 0 saturated carbocycles. The average molecular weight is 253 g/mol. The van der Waals surface area contributed by atoms with Crippen LogP contribution in [0.4, 0.5) is 0 Å². The average Bonchev–Trinajstić information content (AvgIpc) is 2.46. The van der Waals surface area contributed by atoms with Gasteiger partial charge in [-0.3, -0.25) is 4.79 Å². The normalized spacial score (nSPS) is 11.9. The Morgan fingerprint density at radius 3 is 2.32 bits per heavy atom. The van der Waals surface area contributed by atoms with E-state index in [1.54, 1.807) is 0 Å². The topological polar surface area (TPSA) is 29.1 Å². The predicted octanol–water partition coefficient (Wildman–Crippen LogP) is 3.61. The fourth-order valence-corrected chi connectivity index (χ4v) is 2.16. The Balaban J connectivity index is 2.40. The van der Waals surface area contributed by atoms with Crippen molar-refractivity contribution in [2.75, 3.05) is 0 Å². The maximum absolute atomic E-state index is 11.8. The zero-order valence-corrected chi connectivity index (χ0v) is 11.4. The summed E-state index contributed by atoms with van der Waals surface area (Å²) in [6.07, 6.45) is 0.495. The maximum atomic E-state index is 11.8. The molecule has 2 nitrogen and oxygen atoms in total. The van der Waals surface area contributed by atoms with Crippen LogP contribution in [-0.4, -0.2) is 5.91 Å². The van der Waals surface area contributed by atoms with Crippen molar-refractivity contribution in [1.82, 2.24) is 5.32 Å². The second-order valence-electron chi connectivity index (χ2n) is 4.62. The summed E-state index contributed by atoms with van der Waals surface area (Å²) in [4.78, 5) is 11.8. The van der Waals surface area contributed by atoms with E-state index >= 15 is 0 Å². The van der Waals surface area contributed by atoms with Crippen molar-refractivity contribution >= 4 is 5.91 Å². The molecule has 0 heterocycles. The number of amides is 1. The van der Waals surface area contributed by atoms with Gasteiger partial charge < -0.3 is 5.32 Å². The fourth-order valence-electron chi connectivity index (χ4n) is 2.16. The second-order valence-corrected chi connectivity index (χ2v) is 4.62. The molecule has 2 aromatic carbocycles. The SMILES string of the molecule is CCC(=O)NC(c1ccccc1)c1ccccc1C. The lowest BCUT2D eigenvalue weighted by molar-refractivity contribution is -0.121. The number of nitrogens with one attached hydrogen (secondary N) is 1. The minimum atomic E-state index is -0.0742. The van der Waals surface area contributed by atoms with Crippen molar-refractivity contribution in [2.24, 2.45) is 0 Å². The summed E-state index contributed by atoms with van der Waals surface area (Å²) >= 11 is 0. The van der Waals surface area contributed by atoms with Gasteiger partial charge in [0.25, 0.3) is 0 Å². The van der Waals surface area contributed by atoms with Crippen molar-refractivity contribution in [2.45, 2.75) is 26.3 Å². The molecule has 1 atom stereocenters. The van der Waals surface area contributed by atoms with Crippen LogP contribution in [0.15, 0.2) is 54.6 Å². The first kappa shape index (κ1) is 13.3. The molecular weight excluding hydrogens is 234 g/mol. The van der Waals surface area contributed by atoms with Gasteiger partial charge in [-0.1, -0.05) is 61.5 Å². The van der Waals surface area contributed by atoms with Gasteiger partial charge in [-0.15, -0.1) is 0 Å². The molecule has 98 valence electrons. The molecule has 1 amide bonds. The van der Waals surface area contributed by atoms with Gasteiger partial charge in [0.15, 0.2) is 0 Å². The summed E-state index contributed by atoms with van der Waals surface area (Å²) in [7, 11) is 0.